The van der Waals surface area contributed by atoms with Gasteiger partial charge in [-0.3, -0.25) is 9.71 Å². The van der Waals surface area contributed by atoms with Crippen molar-refractivity contribution in [2.45, 2.75) is 36.8 Å². The van der Waals surface area contributed by atoms with Crippen LogP contribution in [0.2, 0.25) is 0 Å². The number of aromatic nitrogens is 2. The molecule has 4 aromatic rings. The standard InChI is InChI=1S/C25H20F3N3O2S2/c1-15-2-3-17(14-30-15)23-13-18(25(26,27)28)5-8-22(23)21-7-4-16-12-19(6-9-20(16)21)35(32,33)31-24-29-10-11-34-24/h2-3,5-6,8-14,21H,4,7H2,1H3,(H,29,31)/t21-/m0/s1. The Hall–Kier alpha value is -3.24. The second-order valence-electron chi connectivity index (χ2n) is 8.38. The maximum atomic E-state index is 13.5. The summed E-state index contributed by atoms with van der Waals surface area (Å²) in [4.78, 5) is 8.36. The molecule has 0 radical (unpaired) electrons. The zero-order chi connectivity index (χ0) is 24.8. The lowest BCUT2D eigenvalue weighted by Crippen LogP contribution is -2.13. The van der Waals surface area contributed by atoms with Crippen molar-refractivity contribution in [1.82, 2.24) is 9.97 Å². The molecule has 2 aromatic heterocycles. The number of anilines is 1. The number of nitrogens with one attached hydrogen (secondary N) is 1. The van der Waals surface area contributed by atoms with Crippen molar-refractivity contribution in [3.05, 3.63) is 94.3 Å². The third-order valence-electron chi connectivity index (χ3n) is 6.13. The zero-order valence-electron chi connectivity index (χ0n) is 18.5. The van der Waals surface area contributed by atoms with E-state index < -0.39 is 21.8 Å². The van der Waals surface area contributed by atoms with Crippen LogP contribution < -0.4 is 4.72 Å². The number of sulfonamides is 1. The third kappa shape index (κ3) is 4.68. The van der Waals surface area contributed by atoms with Gasteiger partial charge in [0.05, 0.1) is 10.5 Å². The van der Waals surface area contributed by atoms with E-state index in [0.717, 1.165) is 28.5 Å². The summed E-state index contributed by atoms with van der Waals surface area (Å²) in [5.41, 5.74) is 3.69. The number of aryl methyl sites for hydroxylation is 2. The molecule has 35 heavy (non-hydrogen) atoms. The van der Waals surface area contributed by atoms with E-state index in [2.05, 4.69) is 14.7 Å². The second kappa shape index (κ2) is 8.76. The highest BCUT2D eigenvalue weighted by Gasteiger charge is 2.33. The van der Waals surface area contributed by atoms with Crippen molar-refractivity contribution in [3.63, 3.8) is 0 Å². The van der Waals surface area contributed by atoms with Crippen molar-refractivity contribution in [1.29, 1.82) is 0 Å². The Kier molecular flexibility index (Phi) is 5.88. The van der Waals surface area contributed by atoms with Crippen LogP contribution in [0, 0.1) is 6.92 Å². The van der Waals surface area contributed by atoms with Crippen LogP contribution in [-0.4, -0.2) is 18.4 Å². The molecular weight excluding hydrogens is 495 g/mol. The van der Waals surface area contributed by atoms with Crippen LogP contribution >= 0.6 is 11.3 Å². The van der Waals surface area contributed by atoms with Gasteiger partial charge in [0.1, 0.15) is 0 Å². The number of nitrogens with zero attached hydrogens (tertiary/aromatic N) is 2. The molecule has 0 saturated carbocycles. The van der Waals surface area contributed by atoms with Crippen LogP contribution in [0.15, 0.2) is 71.2 Å². The van der Waals surface area contributed by atoms with E-state index in [1.165, 1.54) is 35.7 Å². The summed E-state index contributed by atoms with van der Waals surface area (Å²) in [6.45, 7) is 1.82. The van der Waals surface area contributed by atoms with E-state index in [9.17, 15) is 21.6 Å². The third-order valence-corrected chi connectivity index (χ3v) is 8.29. The Morgan fingerprint density at radius 1 is 1.03 bits per heavy atom. The van der Waals surface area contributed by atoms with Gasteiger partial charge in [0.15, 0.2) is 5.13 Å². The van der Waals surface area contributed by atoms with Gasteiger partial charge in [0.2, 0.25) is 0 Å². The van der Waals surface area contributed by atoms with E-state index in [-0.39, 0.29) is 15.9 Å². The minimum atomic E-state index is -4.47. The van der Waals surface area contributed by atoms with Gasteiger partial charge < -0.3 is 0 Å². The van der Waals surface area contributed by atoms with Crippen molar-refractivity contribution in [2.24, 2.45) is 0 Å². The Morgan fingerprint density at radius 2 is 1.83 bits per heavy atom. The number of benzene rings is 2. The van der Waals surface area contributed by atoms with Crippen molar-refractivity contribution < 1.29 is 21.6 Å². The number of rotatable bonds is 5. The Morgan fingerprint density at radius 3 is 2.51 bits per heavy atom. The van der Waals surface area contributed by atoms with Crippen LogP contribution in [0.4, 0.5) is 18.3 Å². The molecule has 1 aliphatic carbocycles. The maximum absolute atomic E-state index is 13.5. The van der Waals surface area contributed by atoms with Gasteiger partial charge in [-0.15, -0.1) is 11.3 Å². The first-order valence-electron chi connectivity index (χ1n) is 10.8. The zero-order valence-corrected chi connectivity index (χ0v) is 20.1. The first-order chi connectivity index (χ1) is 16.6. The van der Waals surface area contributed by atoms with Gasteiger partial charge in [-0.25, -0.2) is 13.4 Å². The minimum absolute atomic E-state index is 0.127. The van der Waals surface area contributed by atoms with Gasteiger partial charge in [0, 0.05) is 34.9 Å². The largest absolute Gasteiger partial charge is 0.416 e. The fourth-order valence-electron chi connectivity index (χ4n) is 4.45. The molecule has 1 atom stereocenters. The average Bonchev–Trinajstić information content (AvgIpc) is 3.47. The highest BCUT2D eigenvalue weighted by Crippen LogP contribution is 2.44. The first-order valence-corrected chi connectivity index (χ1v) is 13.2. The molecule has 10 heteroatoms. The fraction of sp³-hybridized carbons (Fsp3) is 0.200. The highest BCUT2D eigenvalue weighted by molar-refractivity contribution is 7.93. The van der Waals surface area contributed by atoms with Crippen LogP contribution in [0.5, 0.6) is 0 Å². The van der Waals surface area contributed by atoms with Gasteiger partial charge in [0.25, 0.3) is 10.0 Å². The number of fused-ring (bicyclic) bond motifs is 1. The molecule has 0 bridgehead atoms. The fourth-order valence-corrected chi connectivity index (χ4v) is 6.28. The molecule has 5 rings (SSSR count). The maximum Gasteiger partial charge on any atom is 0.416 e. The van der Waals surface area contributed by atoms with Gasteiger partial charge in [-0.1, -0.05) is 18.2 Å². The van der Waals surface area contributed by atoms with Crippen LogP contribution in [-0.2, 0) is 22.6 Å². The smallest absolute Gasteiger partial charge is 0.261 e. The summed E-state index contributed by atoms with van der Waals surface area (Å²) in [5.74, 6) is -0.160. The molecule has 0 aliphatic heterocycles. The summed E-state index contributed by atoms with van der Waals surface area (Å²) >= 11 is 1.18. The molecule has 2 aromatic carbocycles. The SMILES string of the molecule is Cc1ccc(-c2cc(C(F)(F)F)ccc2[C@H]2CCc3cc(S(=O)(=O)Nc4nccs4)ccc32)cn1. The average molecular weight is 516 g/mol. The molecule has 1 aliphatic rings. The van der Waals surface area contributed by atoms with E-state index in [1.54, 1.807) is 35.8 Å². The minimum Gasteiger partial charge on any atom is -0.261 e. The molecule has 0 amide bonds. The normalized spacial score (nSPS) is 15.7. The molecule has 0 unspecified atom stereocenters. The summed E-state index contributed by atoms with van der Waals surface area (Å²) in [6, 6.07) is 12.3. The number of alkyl halides is 3. The first kappa shape index (κ1) is 23.5. The molecule has 0 spiro atoms. The number of halogens is 3. The molecule has 1 N–H and O–H groups in total. The Balaban J connectivity index is 1.54. The number of hydrogen-bond donors (Lipinski definition) is 1. The Bertz CT molecular complexity index is 1480. The van der Waals surface area contributed by atoms with E-state index in [4.69, 9.17) is 0 Å². The molecule has 180 valence electrons. The van der Waals surface area contributed by atoms with E-state index >= 15 is 0 Å². The molecule has 5 nitrogen and oxygen atoms in total. The van der Waals surface area contributed by atoms with Crippen LogP contribution in [0.3, 0.4) is 0 Å². The summed E-state index contributed by atoms with van der Waals surface area (Å²) in [6.07, 6.45) is -0.0819. The summed E-state index contributed by atoms with van der Waals surface area (Å²) in [5, 5.41) is 1.96. The lowest BCUT2D eigenvalue weighted by molar-refractivity contribution is -0.137. The van der Waals surface area contributed by atoms with Gasteiger partial charge >= 0.3 is 6.18 Å². The van der Waals surface area contributed by atoms with Gasteiger partial charge in [-0.05, 0) is 72.4 Å². The topological polar surface area (TPSA) is 72.0 Å². The lowest BCUT2D eigenvalue weighted by atomic mass is 9.86. The predicted octanol–water partition coefficient (Wildman–Crippen LogP) is 6.41. The van der Waals surface area contributed by atoms with Crippen molar-refractivity contribution in [2.75, 3.05) is 4.72 Å². The predicted molar refractivity (Wildman–Crippen MR) is 129 cm³/mol. The van der Waals surface area contributed by atoms with Crippen molar-refractivity contribution >= 4 is 26.5 Å². The van der Waals surface area contributed by atoms with E-state index in [0.29, 0.717) is 24.0 Å². The molecule has 0 saturated heterocycles. The quantitative estimate of drug-likeness (QED) is 0.333. The van der Waals surface area contributed by atoms with Crippen molar-refractivity contribution in [3.8, 4) is 11.1 Å². The summed E-state index contributed by atoms with van der Waals surface area (Å²) in [7, 11) is -3.80. The van der Waals surface area contributed by atoms with E-state index in [1.807, 2.05) is 6.92 Å². The number of thiazole rings is 1. The molecule has 2 heterocycles. The van der Waals surface area contributed by atoms with Crippen LogP contribution in [0.1, 0.15) is 40.3 Å². The molecular formula is C25H20F3N3O2S2. The molecule has 0 fully saturated rings. The van der Waals surface area contributed by atoms with Crippen LogP contribution in [0.25, 0.3) is 11.1 Å². The second-order valence-corrected chi connectivity index (χ2v) is 11.0. The number of pyridine rings is 1. The lowest BCUT2D eigenvalue weighted by Gasteiger charge is -2.19. The van der Waals surface area contributed by atoms with Gasteiger partial charge in [-0.2, -0.15) is 13.2 Å². The monoisotopic (exact) mass is 515 g/mol. The summed E-state index contributed by atoms with van der Waals surface area (Å²) < 4.78 is 68.6. The highest BCUT2D eigenvalue weighted by atomic mass is 32.2. The number of hydrogen-bond acceptors (Lipinski definition) is 5. The Labute approximate surface area is 204 Å².